The highest BCUT2D eigenvalue weighted by Gasteiger charge is 2.24. The largest absolute Gasteiger partial charge is 0.368 e. The van der Waals surface area contributed by atoms with E-state index in [1.54, 1.807) is 12.1 Å². The molecule has 1 saturated heterocycles. The van der Waals surface area contributed by atoms with Crippen LogP contribution in [0.25, 0.3) is 6.08 Å². The van der Waals surface area contributed by atoms with Crippen LogP contribution >= 0.6 is 0 Å². The molecule has 0 atom stereocenters. The van der Waals surface area contributed by atoms with E-state index in [0.717, 1.165) is 17.8 Å². The fourth-order valence-electron chi connectivity index (χ4n) is 3.03. The minimum Gasteiger partial charge on any atom is -0.368 e. The molecule has 0 saturated carbocycles. The molecule has 0 bridgehead atoms. The number of non-ortho nitro benzene ring substituents is 1. The number of nitro benzene ring substituents is 1. The molecule has 148 valence electrons. The molecule has 0 radical (unpaired) electrons. The highest BCUT2D eigenvalue weighted by atomic mass is 19.2. The Morgan fingerprint density at radius 3 is 2.28 bits per heavy atom. The molecule has 0 aromatic heterocycles. The Labute approximate surface area is 165 Å². The first-order valence-electron chi connectivity index (χ1n) is 8.74. The van der Waals surface area contributed by atoms with Crippen molar-refractivity contribution in [3.8, 4) is 6.07 Å². The SMILES string of the molecule is N#C/C(=C\c1ccc(F)c(F)c1)C(=O)N1CCN(c2ccc([N+](=O)[O-])cc2)CC1. The predicted molar refractivity (Wildman–Crippen MR) is 102 cm³/mol. The van der Waals surface area contributed by atoms with Gasteiger partial charge in [0.15, 0.2) is 11.6 Å². The van der Waals surface area contributed by atoms with Crippen LogP contribution in [-0.4, -0.2) is 41.9 Å². The Hall–Kier alpha value is -3.80. The van der Waals surface area contributed by atoms with Crippen LogP contribution in [0.15, 0.2) is 48.0 Å². The topological polar surface area (TPSA) is 90.5 Å². The normalized spacial score (nSPS) is 14.4. The van der Waals surface area contributed by atoms with Gasteiger partial charge in [0.2, 0.25) is 0 Å². The maximum atomic E-state index is 13.3. The summed E-state index contributed by atoms with van der Waals surface area (Å²) >= 11 is 0. The molecule has 0 N–H and O–H groups in total. The predicted octanol–water partition coefficient (Wildman–Crippen LogP) is 3.13. The minimum absolute atomic E-state index is 0.00333. The van der Waals surface area contributed by atoms with E-state index in [-0.39, 0.29) is 16.8 Å². The van der Waals surface area contributed by atoms with Crippen molar-refractivity contribution >= 4 is 23.4 Å². The Kier molecular flexibility index (Phi) is 5.83. The van der Waals surface area contributed by atoms with Crippen molar-refractivity contribution in [1.29, 1.82) is 5.26 Å². The highest BCUT2D eigenvalue weighted by Crippen LogP contribution is 2.21. The van der Waals surface area contributed by atoms with Gasteiger partial charge in [0, 0.05) is 44.0 Å². The smallest absolute Gasteiger partial charge is 0.269 e. The van der Waals surface area contributed by atoms with Gasteiger partial charge in [0.25, 0.3) is 11.6 Å². The summed E-state index contributed by atoms with van der Waals surface area (Å²) < 4.78 is 26.4. The molecule has 0 spiro atoms. The first kappa shape index (κ1) is 19.9. The molecule has 3 rings (SSSR count). The number of benzene rings is 2. The second kappa shape index (κ2) is 8.48. The number of nitrogens with zero attached hydrogens (tertiary/aromatic N) is 4. The van der Waals surface area contributed by atoms with Crippen LogP contribution in [0, 0.1) is 33.1 Å². The molecule has 7 nitrogen and oxygen atoms in total. The Morgan fingerprint density at radius 1 is 1.07 bits per heavy atom. The van der Waals surface area contributed by atoms with Gasteiger partial charge >= 0.3 is 0 Å². The van der Waals surface area contributed by atoms with Crippen molar-refractivity contribution in [3.05, 3.63) is 75.3 Å². The lowest BCUT2D eigenvalue weighted by Crippen LogP contribution is -2.49. The zero-order chi connectivity index (χ0) is 21.0. The van der Waals surface area contributed by atoms with Crippen LogP contribution in [0.4, 0.5) is 20.2 Å². The lowest BCUT2D eigenvalue weighted by molar-refractivity contribution is -0.384. The van der Waals surface area contributed by atoms with Gasteiger partial charge < -0.3 is 9.80 Å². The quantitative estimate of drug-likeness (QED) is 0.342. The molecule has 1 fully saturated rings. The van der Waals surface area contributed by atoms with Crippen LogP contribution in [-0.2, 0) is 4.79 Å². The Balaban J connectivity index is 1.66. The molecule has 9 heteroatoms. The van der Waals surface area contributed by atoms with Crippen molar-refractivity contribution in [2.75, 3.05) is 31.1 Å². The van der Waals surface area contributed by atoms with Gasteiger partial charge in [-0.1, -0.05) is 6.07 Å². The van der Waals surface area contributed by atoms with E-state index in [0.29, 0.717) is 26.2 Å². The first-order chi connectivity index (χ1) is 13.9. The highest BCUT2D eigenvalue weighted by molar-refractivity contribution is 6.01. The van der Waals surface area contributed by atoms with Crippen molar-refractivity contribution in [3.63, 3.8) is 0 Å². The van der Waals surface area contributed by atoms with E-state index < -0.39 is 22.5 Å². The van der Waals surface area contributed by atoms with Gasteiger partial charge in [-0.05, 0) is 35.9 Å². The minimum atomic E-state index is -1.06. The monoisotopic (exact) mass is 398 g/mol. The van der Waals surface area contributed by atoms with Crippen LogP contribution < -0.4 is 4.90 Å². The van der Waals surface area contributed by atoms with Crippen molar-refractivity contribution in [2.24, 2.45) is 0 Å². The molecule has 1 aliphatic heterocycles. The number of rotatable bonds is 4. The number of nitro groups is 1. The molecular formula is C20H16F2N4O3. The lowest BCUT2D eigenvalue weighted by atomic mass is 10.1. The van der Waals surface area contributed by atoms with Gasteiger partial charge in [-0.25, -0.2) is 8.78 Å². The fraction of sp³-hybridized carbons (Fsp3) is 0.200. The molecule has 2 aromatic rings. The van der Waals surface area contributed by atoms with E-state index >= 15 is 0 Å². The summed E-state index contributed by atoms with van der Waals surface area (Å²) in [4.78, 5) is 26.4. The maximum absolute atomic E-state index is 13.3. The van der Waals surface area contributed by atoms with E-state index in [1.165, 1.54) is 29.2 Å². The zero-order valence-electron chi connectivity index (χ0n) is 15.2. The Morgan fingerprint density at radius 2 is 1.72 bits per heavy atom. The molecule has 0 unspecified atom stereocenters. The molecule has 2 aromatic carbocycles. The van der Waals surface area contributed by atoms with Crippen LogP contribution in [0.1, 0.15) is 5.56 Å². The summed E-state index contributed by atoms with van der Waals surface area (Å²) in [6, 6.07) is 11.1. The van der Waals surface area contributed by atoms with Crippen molar-refractivity contribution in [2.45, 2.75) is 0 Å². The molecule has 1 amide bonds. The van der Waals surface area contributed by atoms with E-state index in [1.807, 2.05) is 11.0 Å². The number of hydrogen-bond donors (Lipinski definition) is 0. The molecular weight excluding hydrogens is 382 g/mol. The number of piperazine rings is 1. The fourth-order valence-corrected chi connectivity index (χ4v) is 3.03. The average molecular weight is 398 g/mol. The number of amides is 1. The third kappa shape index (κ3) is 4.55. The third-order valence-corrected chi connectivity index (χ3v) is 4.60. The summed E-state index contributed by atoms with van der Waals surface area (Å²) in [7, 11) is 0. The van der Waals surface area contributed by atoms with Gasteiger partial charge in [0.05, 0.1) is 4.92 Å². The number of carbonyl (C=O) groups is 1. The van der Waals surface area contributed by atoms with Gasteiger partial charge in [0.1, 0.15) is 11.6 Å². The number of halogens is 2. The van der Waals surface area contributed by atoms with E-state index in [4.69, 9.17) is 0 Å². The maximum Gasteiger partial charge on any atom is 0.269 e. The number of hydrogen-bond acceptors (Lipinski definition) is 5. The molecule has 29 heavy (non-hydrogen) atoms. The second-order valence-electron chi connectivity index (χ2n) is 6.40. The third-order valence-electron chi connectivity index (χ3n) is 4.60. The summed E-state index contributed by atoms with van der Waals surface area (Å²) in [6.07, 6.45) is 1.23. The van der Waals surface area contributed by atoms with Gasteiger partial charge in [-0.2, -0.15) is 5.26 Å². The van der Waals surface area contributed by atoms with Gasteiger partial charge in [-0.3, -0.25) is 14.9 Å². The number of anilines is 1. The summed E-state index contributed by atoms with van der Waals surface area (Å²) in [5, 5.41) is 20.1. The van der Waals surface area contributed by atoms with Crippen molar-refractivity contribution in [1.82, 2.24) is 4.90 Å². The molecule has 0 aliphatic carbocycles. The first-order valence-corrected chi connectivity index (χ1v) is 8.74. The second-order valence-corrected chi connectivity index (χ2v) is 6.40. The van der Waals surface area contributed by atoms with E-state index in [2.05, 4.69) is 0 Å². The lowest BCUT2D eigenvalue weighted by Gasteiger charge is -2.36. The van der Waals surface area contributed by atoms with Crippen LogP contribution in [0.5, 0.6) is 0 Å². The summed E-state index contributed by atoms with van der Waals surface area (Å²) in [5.41, 5.74) is 0.863. The van der Waals surface area contributed by atoms with Crippen LogP contribution in [0.3, 0.4) is 0 Å². The number of nitriles is 1. The summed E-state index contributed by atoms with van der Waals surface area (Å²) in [6.45, 7) is 1.69. The zero-order valence-corrected chi connectivity index (χ0v) is 15.2. The van der Waals surface area contributed by atoms with E-state index in [9.17, 15) is 29.0 Å². The average Bonchev–Trinajstić information content (AvgIpc) is 2.74. The molecule has 1 heterocycles. The molecule has 1 aliphatic rings. The summed E-state index contributed by atoms with van der Waals surface area (Å²) in [5.74, 6) is -2.55. The van der Waals surface area contributed by atoms with Gasteiger partial charge in [-0.15, -0.1) is 0 Å². The Bertz CT molecular complexity index is 1010. The standard InChI is InChI=1S/C20H16F2N4O3/c21-18-6-1-14(12-19(18)22)11-15(13-23)20(27)25-9-7-24(8-10-25)16-2-4-17(5-3-16)26(28)29/h1-6,11-12H,7-10H2/b15-11+. The van der Waals surface area contributed by atoms with Crippen molar-refractivity contribution < 1.29 is 18.5 Å². The number of carbonyl (C=O) groups excluding carboxylic acids is 1. The van der Waals surface area contributed by atoms with Crippen LogP contribution in [0.2, 0.25) is 0 Å².